The van der Waals surface area contributed by atoms with Crippen LogP contribution in [0.1, 0.15) is 46.5 Å². The van der Waals surface area contributed by atoms with Gasteiger partial charge in [0.05, 0.1) is 6.10 Å². The first kappa shape index (κ1) is 11.9. The van der Waals surface area contributed by atoms with Crippen LogP contribution in [-0.4, -0.2) is 19.5 Å². The Hall–Kier alpha value is -0.0800. The summed E-state index contributed by atoms with van der Waals surface area (Å²) in [4.78, 5) is 0. The molecule has 0 amide bonds. The van der Waals surface area contributed by atoms with Crippen LogP contribution >= 0.6 is 0 Å². The molecule has 2 unspecified atom stereocenters. The zero-order valence-electron chi connectivity index (χ0n) is 8.80. The van der Waals surface area contributed by atoms with Crippen molar-refractivity contribution in [3.63, 3.8) is 0 Å². The Balaban J connectivity index is 0.000000561. The SMILES string of the molecule is CC.CCC1CCCC(OC)O1. The minimum Gasteiger partial charge on any atom is -0.356 e. The number of hydrogen-bond donors (Lipinski definition) is 0. The smallest absolute Gasteiger partial charge is 0.157 e. The van der Waals surface area contributed by atoms with Crippen LogP contribution in [0.3, 0.4) is 0 Å². The molecular weight excluding hydrogens is 152 g/mol. The standard InChI is InChI=1S/C8H16O2.C2H6/c1-3-7-5-4-6-8(9-2)10-7;1-2/h7-8H,3-6H2,1-2H3;1-2H3. The molecule has 0 aromatic rings. The van der Waals surface area contributed by atoms with E-state index >= 15 is 0 Å². The maximum atomic E-state index is 5.56. The van der Waals surface area contributed by atoms with Gasteiger partial charge in [-0.2, -0.15) is 0 Å². The second kappa shape index (κ2) is 7.56. The van der Waals surface area contributed by atoms with Crippen LogP contribution in [0.15, 0.2) is 0 Å². The van der Waals surface area contributed by atoms with E-state index in [9.17, 15) is 0 Å². The van der Waals surface area contributed by atoms with Crippen molar-refractivity contribution in [2.75, 3.05) is 7.11 Å². The van der Waals surface area contributed by atoms with Crippen molar-refractivity contribution in [3.05, 3.63) is 0 Å². The lowest BCUT2D eigenvalue weighted by molar-refractivity contribution is -0.180. The highest BCUT2D eigenvalue weighted by Crippen LogP contribution is 2.20. The topological polar surface area (TPSA) is 18.5 Å². The summed E-state index contributed by atoms with van der Waals surface area (Å²) in [6, 6.07) is 0. The molecule has 2 heteroatoms. The molecule has 0 aromatic carbocycles. The molecule has 1 saturated heterocycles. The number of rotatable bonds is 2. The van der Waals surface area contributed by atoms with Gasteiger partial charge in [-0.1, -0.05) is 20.8 Å². The molecule has 1 fully saturated rings. The normalized spacial score (nSPS) is 29.0. The van der Waals surface area contributed by atoms with Crippen molar-refractivity contribution in [3.8, 4) is 0 Å². The molecule has 1 aliphatic rings. The maximum absolute atomic E-state index is 5.56. The average molecular weight is 174 g/mol. The van der Waals surface area contributed by atoms with Crippen LogP contribution < -0.4 is 0 Å². The van der Waals surface area contributed by atoms with E-state index in [1.807, 2.05) is 13.8 Å². The molecule has 2 nitrogen and oxygen atoms in total. The highest BCUT2D eigenvalue weighted by Gasteiger charge is 2.19. The van der Waals surface area contributed by atoms with Crippen LogP contribution in [0, 0.1) is 0 Å². The number of methoxy groups -OCH3 is 1. The molecule has 1 heterocycles. The molecule has 74 valence electrons. The van der Waals surface area contributed by atoms with Crippen molar-refractivity contribution < 1.29 is 9.47 Å². The van der Waals surface area contributed by atoms with Gasteiger partial charge in [-0.3, -0.25) is 0 Å². The van der Waals surface area contributed by atoms with Gasteiger partial charge < -0.3 is 9.47 Å². The van der Waals surface area contributed by atoms with Crippen molar-refractivity contribution >= 4 is 0 Å². The first-order valence-corrected chi connectivity index (χ1v) is 5.05. The first-order chi connectivity index (χ1) is 5.86. The van der Waals surface area contributed by atoms with Gasteiger partial charge in [0.1, 0.15) is 0 Å². The fraction of sp³-hybridized carbons (Fsp3) is 1.00. The predicted octanol–water partition coefficient (Wildman–Crippen LogP) is 2.96. The summed E-state index contributed by atoms with van der Waals surface area (Å²) >= 11 is 0. The van der Waals surface area contributed by atoms with Gasteiger partial charge in [0.25, 0.3) is 0 Å². The monoisotopic (exact) mass is 174 g/mol. The molecule has 1 aliphatic heterocycles. The predicted molar refractivity (Wildman–Crippen MR) is 51.2 cm³/mol. The van der Waals surface area contributed by atoms with Crippen LogP contribution in [0.5, 0.6) is 0 Å². The molecule has 0 bridgehead atoms. The van der Waals surface area contributed by atoms with Crippen LogP contribution in [0.25, 0.3) is 0 Å². The van der Waals surface area contributed by atoms with Crippen LogP contribution in [-0.2, 0) is 9.47 Å². The van der Waals surface area contributed by atoms with Gasteiger partial charge in [-0.25, -0.2) is 0 Å². The highest BCUT2D eigenvalue weighted by atomic mass is 16.7. The van der Waals surface area contributed by atoms with Gasteiger partial charge in [0.15, 0.2) is 6.29 Å². The van der Waals surface area contributed by atoms with Gasteiger partial charge in [-0.15, -0.1) is 0 Å². The molecule has 1 rings (SSSR count). The van der Waals surface area contributed by atoms with E-state index in [4.69, 9.17) is 9.47 Å². The van der Waals surface area contributed by atoms with E-state index in [2.05, 4.69) is 6.92 Å². The molecule has 0 spiro atoms. The van der Waals surface area contributed by atoms with Gasteiger partial charge >= 0.3 is 0 Å². The van der Waals surface area contributed by atoms with Crippen molar-refractivity contribution in [2.45, 2.75) is 58.8 Å². The van der Waals surface area contributed by atoms with E-state index in [0.29, 0.717) is 6.10 Å². The summed E-state index contributed by atoms with van der Waals surface area (Å²) < 4.78 is 10.7. The quantitative estimate of drug-likeness (QED) is 0.640. The van der Waals surface area contributed by atoms with E-state index < -0.39 is 0 Å². The second-order valence-electron chi connectivity index (χ2n) is 2.76. The zero-order valence-corrected chi connectivity index (χ0v) is 8.80. The van der Waals surface area contributed by atoms with Gasteiger partial charge in [0.2, 0.25) is 0 Å². The molecule has 12 heavy (non-hydrogen) atoms. The summed E-state index contributed by atoms with van der Waals surface area (Å²) in [5.74, 6) is 0. The summed E-state index contributed by atoms with van der Waals surface area (Å²) in [7, 11) is 1.71. The minimum absolute atomic E-state index is 0.0682. The Morgan fingerprint density at radius 3 is 2.50 bits per heavy atom. The fourth-order valence-electron chi connectivity index (χ4n) is 1.34. The van der Waals surface area contributed by atoms with E-state index in [1.165, 1.54) is 12.8 Å². The van der Waals surface area contributed by atoms with Crippen LogP contribution in [0.4, 0.5) is 0 Å². The van der Waals surface area contributed by atoms with Crippen molar-refractivity contribution in [1.29, 1.82) is 0 Å². The molecule has 0 saturated carbocycles. The van der Waals surface area contributed by atoms with E-state index in [0.717, 1.165) is 12.8 Å². The lowest BCUT2D eigenvalue weighted by atomic mass is 10.1. The third-order valence-corrected chi connectivity index (χ3v) is 2.03. The lowest BCUT2D eigenvalue weighted by Crippen LogP contribution is -2.28. The van der Waals surface area contributed by atoms with Crippen LogP contribution in [0.2, 0.25) is 0 Å². The third kappa shape index (κ3) is 4.07. The third-order valence-electron chi connectivity index (χ3n) is 2.03. The van der Waals surface area contributed by atoms with Gasteiger partial charge in [-0.05, 0) is 25.7 Å². The van der Waals surface area contributed by atoms with E-state index in [-0.39, 0.29) is 6.29 Å². The Bertz CT molecular complexity index is 83.8. The maximum Gasteiger partial charge on any atom is 0.157 e. The average Bonchev–Trinajstić information content (AvgIpc) is 2.21. The number of ether oxygens (including phenoxy) is 2. The summed E-state index contributed by atoms with van der Waals surface area (Å²) in [6.45, 7) is 6.16. The summed E-state index contributed by atoms with van der Waals surface area (Å²) in [5.41, 5.74) is 0. The molecule has 0 N–H and O–H groups in total. The van der Waals surface area contributed by atoms with Crippen molar-refractivity contribution in [2.24, 2.45) is 0 Å². The molecule has 2 atom stereocenters. The summed E-state index contributed by atoms with van der Waals surface area (Å²) in [6.07, 6.45) is 5.14. The molecule has 0 aliphatic carbocycles. The van der Waals surface area contributed by atoms with E-state index in [1.54, 1.807) is 7.11 Å². The number of hydrogen-bond acceptors (Lipinski definition) is 2. The molecule has 0 aromatic heterocycles. The Morgan fingerprint density at radius 1 is 1.33 bits per heavy atom. The Labute approximate surface area is 76.3 Å². The largest absolute Gasteiger partial charge is 0.356 e. The zero-order chi connectivity index (χ0) is 9.40. The summed E-state index contributed by atoms with van der Waals surface area (Å²) in [5, 5.41) is 0. The van der Waals surface area contributed by atoms with Crippen molar-refractivity contribution in [1.82, 2.24) is 0 Å². The minimum atomic E-state index is 0.0682. The Kier molecular flexibility index (Phi) is 7.51. The van der Waals surface area contributed by atoms with Gasteiger partial charge in [0, 0.05) is 7.11 Å². The fourth-order valence-corrected chi connectivity index (χ4v) is 1.34. The second-order valence-corrected chi connectivity index (χ2v) is 2.76. The molecular formula is C10H22O2. The molecule has 0 radical (unpaired) electrons. The lowest BCUT2D eigenvalue weighted by Gasteiger charge is -2.27. The first-order valence-electron chi connectivity index (χ1n) is 5.05. The highest BCUT2D eigenvalue weighted by molar-refractivity contribution is 4.63. The Morgan fingerprint density at radius 2 is 2.00 bits per heavy atom.